The Morgan fingerprint density at radius 1 is 1.21 bits per heavy atom. The quantitative estimate of drug-likeness (QED) is 0.616. The molecule has 1 N–H and O–H groups in total. The number of rotatable bonds is 6. The molecule has 0 saturated carbocycles. The molecule has 0 spiro atoms. The average molecular weight is 477 g/mol. The summed E-state index contributed by atoms with van der Waals surface area (Å²) in [7, 11) is 0. The van der Waals surface area contributed by atoms with Gasteiger partial charge in [0.15, 0.2) is 6.61 Å². The molecular weight excluding hydrogens is 447 g/mol. The summed E-state index contributed by atoms with van der Waals surface area (Å²) in [5.41, 5.74) is 0.791. The number of hydrogen-bond acceptors (Lipinski definition) is 7. The highest BCUT2D eigenvalue weighted by Crippen LogP contribution is 2.36. The van der Waals surface area contributed by atoms with Crippen LogP contribution in [-0.4, -0.2) is 80.3 Å². The fourth-order valence-electron chi connectivity index (χ4n) is 4.95. The van der Waals surface area contributed by atoms with Gasteiger partial charge >= 0.3 is 12.1 Å². The van der Waals surface area contributed by atoms with Gasteiger partial charge in [-0.2, -0.15) is 0 Å². The van der Waals surface area contributed by atoms with Crippen molar-refractivity contribution in [2.24, 2.45) is 5.92 Å². The van der Waals surface area contributed by atoms with Gasteiger partial charge in [0.25, 0.3) is 5.91 Å². The van der Waals surface area contributed by atoms with Gasteiger partial charge in [0.1, 0.15) is 11.9 Å². The second kappa shape index (κ2) is 9.86. The lowest BCUT2D eigenvalue weighted by molar-refractivity contribution is -0.152. The van der Waals surface area contributed by atoms with Gasteiger partial charge in [-0.25, -0.2) is 9.18 Å². The number of piperidine rings is 1. The molecule has 0 bridgehead atoms. The summed E-state index contributed by atoms with van der Waals surface area (Å²) in [5, 5.41) is 2.61. The van der Waals surface area contributed by atoms with Crippen molar-refractivity contribution in [3.8, 4) is 0 Å². The Morgan fingerprint density at radius 3 is 2.71 bits per heavy atom. The topological polar surface area (TPSA) is 108 Å². The summed E-state index contributed by atoms with van der Waals surface area (Å²) in [6, 6.07) is 4.55. The third-order valence-corrected chi connectivity index (χ3v) is 6.54. The van der Waals surface area contributed by atoms with Crippen molar-refractivity contribution in [3.05, 3.63) is 24.0 Å². The van der Waals surface area contributed by atoms with E-state index in [2.05, 4.69) is 5.32 Å². The number of cyclic esters (lactones) is 1. The van der Waals surface area contributed by atoms with Crippen LogP contribution >= 0.6 is 0 Å². The van der Waals surface area contributed by atoms with Crippen LogP contribution in [0.5, 0.6) is 0 Å². The van der Waals surface area contributed by atoms with E-state index in [1.165, 1.54) is 24.8 Å². The van der Waals surface area contributed by atoms with Crippen molar-refractivity contribution in [3.63, 3.8) is 0 Å². The number of nitrogens with zero attached hydrogens (tertiary/aromatic N) is 3. The summed E-state index contributed by atoms with van der Waals surface area (Å²) >= 11 is 0. The van der Waals surface area contributed by atoms with Gasteiger partial charge in [-0.1, -0.05) is 0 Å². The number of carbonyl (C=O) groups is 4. The third-order valence-electron chi connectivity index (χ3n) is 6.54. The fraction of sp³-hybridized carbons (Fsp3) is 0.565. The lowest BCUT2D eigenvalue weighted by Crippen LogP contribution is -2.49. The highest BCUT2D eigenvalue weighted by Gasteiger charge is 2.42. The molecule has 10 nitrogen and oxygen atoms in total. The summed E-state index contributed by atoms with van der Waals surface area (Å²) in [5.74, 6) is -1.21. The molecule has 1 unspecified atom stereocenters. The van der Waals surface area contributed by atoms with Crippen LogP contribution in [0.15, 0.2) is 18.2 Å². The Balaban J connectivity index is 1.42. The van der Waals surface area contributed by atoms with Crippen LogP contribution in [0.4, 0.5) is 20.6 Å². The summed E-state index contributed by atoms with van der Waals surface area (Å²) in [6.07, 6.45) is 0.694. The molecule has 184 valence electrons. The molecule has 34 heavy (non-hydrogen) atoms. The number of benzene rings is 1. The van der Waals surface area contributed by atoms with E-state index in [4.69, 9.17) is 9.47 Å². The number of esters is 1. The van der Waals surface area contributed by atoms with E-state index in [1.54, 1.807) is 17.0 Å². The van der Waals surface area contributed by atoms with E-state index in [9.17, 15) is 19.2 Å². The van der Waals surface area contributed by atoms with Crippen LogP contribution in [0.2, 0.25) is 0 Å². The molecule has 4 rings (SSSR count). The predicted octanol–water partition coefficient (Wildman–Crippen LogP) is 1.28. The Morgan fingerprint density at radius 2 is 2.00 bits per heavy atom. The molecule has 3 aliphatic heterocycles. The van der Waals surface area contributed by atoms with Crippen molar-refractivity contribution in [2.75, 3.05) is 49.1 Å². The first-order valence-corrected chi connectivity index (χ1v) is 11.4. The van der Waals surface area contributed by atoms with E-state index in [0.717, 1.165) is 12.8 Å². The number of nitrogens with one attached hydrogen (secondary N) is 1. The van der Waals surface area contributed by atoms with E-state index >= 15 is 4.39 Å². The molecule has 1 aromatic carbocycles. The molecule has 3 aliphatic rings. The lowest BCUT2D eigenvalue weighted by Gasteiger charge is -2.36. The summed E-state index contributed by atoms with van der Waals surface area (Å²) < 4.78 is 25.3. The third kappa shape index (κ3) is 5.07. The average Bonchev–Trinajstić information content (AvgIpc) is 3.39. The van der Waals surface area contributed by atoms with Gasteiger partial charge in [-0.15, -0.1) is 0 Å². The highest BCUT2D eigenvalue weighted by molar-refractivity contribution is 5.90. The number of amides is 3. The Kier molecular flexibility index (Phi) is 6.90. The number of fused-ring (bicyclic) bond motifs is 1. The van der Waals surface area contributed by atoms with Crippen LogP contribution in [-0.2, 0) is 23.9 Å². The normalized spacial score (nSPS) is 24.0. The van der Waals surface area contributed by atoms with E-state index in [-0.39, 0.29) is 43.5 Å². The second-order valence-corrected chi connectivity index (χ2v) is 8.93. The van der Waals surface area contributed by atoms with Crippen LogP contribution < -0.4 is 15.1 Å². The van der Waals surface area contributed by atoms with Crippen molar-refractivity contribution in [1.29, 1.82) is 0 Å². The minimum absolute atomic E-state index is 0.0704. The minimum Gasteiger partial charge on any atom is -0.456 e. The van der Waals surface area contributed by atoms with E-state index < -0.39 is 24.0 Å². The van der Waals surface area contributed by atoms with Crippen molar-refractivity contribution >= 4 is 35.3 Å². The van der Waals surface area contributed by atoms with E-state index in [1.807, 2.05) is 4.90 Å². The zero-order valence-electron chi connectivity index (χ0n) is 19.3. The van der Waals surface area contributed by atoms with Crippen molar-refractivity contribution in [2.45, 2.75) is 38.8 Å². The van der Waals surface area contributed by atoms with Crippen LogP contribution in [0.1, 0.15) is 26.7 Å². The number of ether oxygens (including phenoxy) is 2. The van der Waals surface area contributed by atoms with Gasteiger partial charge in [-0.05, 0) is 37.0 Å². The number of likely N-dealkylation sites (tertiary alicyclic amines) is 1. The molecular formula is C23H29FN4O6. The van der Waals surface area contributed by atoms with Gasteiger partial charge in [0.05, 0.1) is 30.5 Å². The molecule has 3 atom stereocenters. The van der Waals surface area contributed by atoms with Crippen molar-refractivity contribution < 1.29 is 33.0 Å². The monoisotopic (exact) mass is 476 g/mol. The Hall–Kier alpha value is -3.37. The van der Waals surface area contributed by atoms with Gasteiger partial charge < -0.3 is 24.6 Å². The molecule has 0 aliphatic carbocycles. The minimum atomic E-state index is -0.586. The first kappa shape index (κ1) is 23.8. The number of hydrogen-bond donors (Lipinski definition) is 1. The summed E-state index contributed by atoms with van der Waals surface area (Å²) in [4.78, 5) is 52.0. The molecule has 0 radical (unpaired) electrons. The maximum atomic E-state index is 15.2. The second-order valence-electron chi connectivity index (χ2n) is 8.93. The predicted molar refractivity (Wildman–Crippen MR) is 120 cm³/mol. The van der Waals surface area contributed by atoms with Gasteiger partial charge in [0, 0.05) is 33.5 Å². The Bertz CT molecular complexity index is 988. The first-order chi connectivity index (χ1) is 16.2. The molecule has 3 saturated heterocycles. The maximum Gasteiger partial charge on any atom is 0.414 e. The van der Waals surface area contributed by atoms with Crippen molar-refractivity contribution in [1.82, 2.24) is 10.2 Å². The molecule has 3 amide bonds. The zero-order valence-corrected chi connectivity index (χ0v) is 19.3. The molecule has 3 fully saturated rings. The van der Waals surface area contributed by atoms with Crippen LogP contribution in [0, 0.1) is 11.7 Å². The van der Waals surface area contributed by atoms with Gasteiger partial charge in [-0.3, -0.25) is 19.3 Å². The molecule has 1 aromatic rings. The zero-order chi connectivity index (χ0) is 24.4. The first-order valence-electron chi connectivity index (χ1n) is 11.4. The van der Waals surface area contributed by atoms with E-state index in [0.29, 0.717) is 31.0 Å². The maximum absolute atomic E-state index is 15.2. The van der Waals surface area contributed by atoms with Gasteiger partial charge in [0.2, 0.25) is 5.91 Å². The number of anilines is 2. The summed E-state index contributed by atoms with van der Waals surface area (Å²) in [6.45, 7) is 4.46. The smallest absolute Gasteiger partial charge is 0.414 e. The highest BCUT2D eigenvalue weighted by atomic mass is 19.1. The largest absolute Gasteiger partial charge is 0.456 e. The molecule has 0 aromatic heterocycles. The van der Waals surface area contributed by atoms with Crippen LogP contribution in [0.25, 0.3) is 0 Å². The molecule has 11 heteroatoms. The Labute approximate surface area is 196 Å². The molecule has 3 heterocycles. The SMILES string of the molecule is CC(=O)NCC1CN(c2ccc(N3C[C@@H]4CCCN(C(=O)COC(C)=O)[C@@H]4C3)c(F)c2)C(=O)O1. The lowest BCUT2D eigenvalue weighted by atomic mass is 9.92. The number of halogens is 1. The number of carbonyl (C=O) groups excluding carboxylic acids is 4. The standard InChI is InChI=1S/C23H29FN4O6/c1-14(29)25-9-18-11-28(23(32)34-18)17-5-6-20(19(24)8-17)26-10-16-4-3-7-27(21(16)12-26)22(31)13-33-15(2)30/h5-6,8,16,18,21H,3-4,7,9-13H2,1-2H3,(H,25,29)/t16-,18?,21+/m0/s1. The fourth-order valence-corrected chi connectivity index (χ4v) is 4.95. The van der Waals surface area contributed by atoms with Crippen LogP contribution in [0.3, 0.4) is 0 Å².